The van der Waals surface area contributed by atoms with E-state index in [1.165, 1.54) is 31.4 Å². The van der Waals surface area contributed by atoms with Gasteiger partial charge in [-0.3, -0.25) is 0 Å². The summed E-state index contributed by atoms with van der Waals surface area (Å²) in [4.78, 5) is -0.0228. The molecule has 0 aromatic heterocycles. The maximum absolute atomic E-state index is 11.9. The van der Waals surface area contributed by atoms with Crippen molar-refractivity contribution in [2.24, 2.45) is 5.28 Å². The van der Waals surface area contributed by atoms with Crippen LogP contribution in [0.4, 0.5) is 0 Å². The minimum Gasteiger partial charge on any atom is -0.597 e. The molecule has 0 amide bonds. The lowest BCUT2D eigenvalue weighted by atomic mass is 10.2. The molecule has 0 atom stereocenters. The van der Waals surface area contributed by atoms with Crippen molar-refractivity contribution in [2.45, 2.75) is 11.4 Å². The number of ether oxygens (including phenoxy) is 1. The molecule has 0 aliphatic heterocycles. The van der Waals surface area contributed by atoms with Crippen molar-refractivity contribution in [3.8, 4) is 5.75 Å². The Morgan fingerprint density at radius 1 is 1.22 bits per heavy atom. The van der Waals surface area contributed by atoms with Gasteiger partial charge in [0.1, 0.15) is 10.6 Å². The number of methoxy groups -OCH3 is 1. The highest BCUT2D eigenvalue weighted by Crippen LogP contribution is 2.18. The van der Waals surface area contributed by atoms with Crippen LogP contribution < -0.4 is 4.74 Å². The second kappa shape index (κ2) is 7.30. The van der Waals surface area contributed by atoms with Crippen molar-refractivity contribution in [3.05, 3.63) is 64.3 Å². The first-order chi connectivity index (χ1) is 10.9. The van der Waals surface area contributed by atoms with Crippen LogP contribution in [0, 0.1) is 5.21 Å². The first-order valence-electron chi connectivity index (χ1n) is 6.38. The summed E-state index contributed by atoms with van der Waals surface area (Å²) in [5, 5.41) is 15.1. The molecule has 0 aliphatic rings. The lowest BCUT2D eigenvalue weighted by Gasteiger charge is -2.03. The SMILES string of the molecule is COc1ccc(S(=O)(=O)O/N=[N+](\[O-])Cc2cccc(Cl)c2)cc1. The van der Waals surface area contributed by atoms with Crippen LogP contribution in [0.15, 0.2) is 58.7 Å². The van der Waals surface area contributed by atoms with Gasteiger partial charge in [-0.2, -0.15) is 8.42 Å². The summed E-state index contributed by atoms with van der Waals surface area (Å²) in [7, 11) is -2.71. The Bertz CT molecular complexity index is 806. The number of benzene rings is 2. The number of halogens is 1. The summed E-state index contributed by atoms with van der Waals surface area (Å²) in [6, 6.07) is 12.0. The van der Waals surface area contributed by atoms with Crippen molar-refractivity contribution in [1.82, 2.24) is 0 Å². The number of nitrogens with zero attached hydrogens (tertiary/aromatic N) is 2. The molecule has 7 nitrogen and oxygen atoms in total. The summed E-state index contributed by atoms with van der Waals surface area (Å²) in [6.07, 6.45) is 0. The van der Waals surface area contributed by atoms with Crippen LogP contribution in [0.2, 0.25) is 5.02 Å². The second-order valence-electron chi connectivity index (χ2n) is 4.43. The summed E-state index contributed by atoms with van der Waals surface area (Å²) >= 11 is 5.79. The highest BCUT2D eigenvalue weighted by atomic mass is 35.5. The quantitative estimate of drug-likeness (QED) is 0.450. The van der Waals surface area contributed by atoms with Crippen LogP contribution in [-0.4, -0.2) is 20.4 Å². The largest absolute Gasteiger partial charge is 0.597 e. The van der Waals surface area contributed by atoms with Crippen molar-refractivity contribution in [2.75, 3.05) is 7.11 Å². The van der Waals surface area contributed by atoms with E-state index in [1.807, 2.05) is 0 Å². The summed E-state index contributed by atoms with van der Waals surface area (Å²) < 4.78 is 33.1. The monoisotopic (exact) mass is 356 g/mol. The molecule has 0 bridgehead atoms. The molecule has 0 saturated heterocycles. The first-order valence-corrected chi connectivity index (χ1v) is 8.17. The van der Waals surface area contributed by atoms with E-state index < -0.39 is 10.1 Å². The van der Waals surface area contributed by atoms with E-state index in [4.69, 9.17) is 16.3 Å². The molecule has 2 aromatic rings. The maximum Gasteiger partial charge on any atom is 0.363 e. The van der Waals surface area contributed by atoms with Crippen LogP contribution in [0.5, 0.6) is 5.75 Å². The van der Waals surface area contributed by atoms with E-state index in [-0.39, 0.29) is 16.3 Å². The first kappa shape index (κ1) is 17.0. The van der Waals surface area contributed by atoms with Gasteiger partial charge >= 0.3 is 10.1 Å². The van der Waals surface area contributed by atoms with Gasteiger partial charge in [0, 0.05) is 10.6 Å². The van der Waals surface area contributed by atoms with Gasteiger partial charge in [0.2, 0.25) is 11.8 Å². The molecule has 9 heteroatoms. The van der Waals surface area contributed by atoms with E-state index in [2.05, 4.69) is 9.56 Å². The molecule has 122 valence electrons. The van der Waals surface area contributed by atoms with Crippen LogP contribution >= 0.6 is 11.6 Å². The lowest BCUT2D eigenvalue weighted by molar-refractivity contribution is -0.567. The average Bonchev–Trinajstić information content (AvgIpc) is 2.53. The van der Waals surface area contributed by atoms with Crippen molar-refractivity contribution < 1.29 is 22.3 Å². The molecular weight excluding hydrogens is 344 g/mol. The fraction of sp³-hybridized carbons (Fsp3) is 0.143. The third-order valence-electron chi connectivity index (χ3n) is 2.78. The molecule has 0 saturated carbocycles. The van der Waals surface area contributed by atoms with Crippen molar-refractivity contribution >= 4 is 21.7 Å². The third kappa shape index (κ3) is 4.83. The van der Waals surface area contributed by atoms with Crippen molar-refractivity contribution in [3.63, 3.8) is 0 Å². The van der Waals surface area contributed by atoms with E-state index in [0.717, 1.165) is 0 Å². The third-order valence-corrected chi connectivity index (χ3v) is 4.13. The zero-order valence-electron chi connectivity index (χ0n) is 12.0. The predicted octanol–water partition coefficient (Wildman–Crippen LogP) is 3.13. The Kier molecular flexibility index (Phi) is 5.41. The Morgan fingerprint density at radius 3 is 2.52 bits per heavy atom. The molecule has 0 fully saturated rings. The van der Waals surface area contributed by atoms with Crippen molar-refractivity contribution in [1.29, 1.82) is 0 Å². The van der Waals surface area contributed by atoms with Crippen LogP contribution in [0.1, 0.15) is 5.56 Å². The molecule has 0 unspecified atom stereocenters. The molecule has 23 heavy (non-hydrogen) atoms. The smallest absolute Gasteiger partial charge is 0.363 e. The topological polar surface area (TPSA) is 91.0 Å². The molecule has 0 N–H and O–H groups in total. The fourth-order valence-electron chi connectivity index (χ4n) is 1.69. The van der Waals surface area contributed by atoms with E-state index in [1.54, 1.807) is 24.3 Å². The maximum atomic E-state index is 11.9. The number of hydroxylamine groups is 1. The molecule has 0 aliphatic carbocycles. The van der Waals surface area contributed by atoms with Gasteiger partial charge in [-0.25, -0.2) is 4.28 Å². The van der Waals surface area contributed by atoms with Gasteiger partial charge < -0.3 is 9.94 Å². The number of rotatable bonds is 6. The van der Waals surface area contributed by atoms with E-state index in [0.29, 0.717) is 16.3 Å². The fourth-order valence-corrected chi connectivity index (χ4v) is 2.62. The molecule has 0 radical (unpaired) electrons. The van der Waals surface area contributed by atoms with Crippen LogP contribution in [0.3, 0.4) is 0 Å². The average molecular weight is 357 g/mol. The number of hydrogen-bond donors (Lipinski definition) is 0. The summed E-state index contributed by atoms with van der Waals surface area (Å²) in [6.45, 7) is -0.196. The minimum absolute atomic E-state index is 0.118. The summed E-state index contributed by atoms with van der Waals surface area (Å²) in [5.74, 6) is 0.493. The van der Waals surface area contributed by atoms with Crippen LogP contribution in [0.25, 0.3) is 0 Å². The normalized spacial score (nSPS) is 12.0. The lowest BCUT2D eigenvalue weighted by Crippen LogP contribution is -2.07. The van der Waals surface area contributed by atoms with Gasteiger partial charge in [-0.15, -0.1) is 0 Å². The highest BCUT2D eigenvalue weighted by molar-refractivity contribution is 7.86. The Balaban J connectivity index is 2.07. The Morgan fingerprint density at radius 2 is 1.91 bits per heavy atom. The molecular formula is C14H13ClN2O5S. The molecule has 2 aromatic carbocycles. The van der Waals surface area contributed by atoms with Gasteiger partial charge in [0.25, 0.3) is 0 Å². The van der Waals surface area contributed by atoms with Crippen LogP contribution in [-0.2, 0) is 20.9 Å². The van der Waals surface area contributed by atoms with Gasteiger partial charge in [-0.05, 0) is 36.4 Å². The molecule has 0 spiro atoms. The second-order valence-corrected chi connectivity index (χ2v) is 6.39. The summed E-state index contributed by atoms with van der Waals surface area (Å²) in [5.41, 5.74) is 0.571. The zero-order chi connectivity index (χ0) is 16.9. The molecule has 2 rings (SSSR count). The number of hydrogen-bond acceptors (Lipinski definition) is 6. The Hall–Kier alpha value is -2.32. The van der Waals surface area contributed by atoms with Gasteiger partial charge in [0.05, 0.1) is 7.11 Å². The highest BCUT2D eigenvalue weighted by Gasteiger charge is 2.17. The zero-order valence-corrected chi connectivity index (χ0v) is 13.6. The molecule has 0 heterocycles. The Labute approximate surface area is 138 Å². The van der Waals surface area contributed by atoms with Gasteiger partial charge in [-0.1, -0.05) is 28.6 Å². The predicted molar refractivity (Wildman–Crippen MR) is 82.5 cm³/mol. The van der Waals surface area contributed by atoms with E-state index in [9.17, 15) is 13.6 Å². The van der Waals surface area contributed by atoms with E-state index >= 15 is 0 Å². The standard InChI is InChI=1S/C14H13ClN2O5S/c1-21-13-5-7-14(8-6-13)23(19,20)22-16-17(18)10-11-3-2-4-12(15)9-11/h2-9H,10H2,1H3/b17-16-. The minimum atomic E-state index is -4.17. The van der Waals surface area contributed by atoms with Gasteiger partial charge in [0.15, 0.2) is 0 Å².